The average Bonchev–Trinajstić information content (AvgIpc) is 2.97. The summed E-state index contributed by atoms with van der Waals surface area (Å²) in [5.41, 5.74) is 2.74. The third-order valence-corrected chi connectivity index (χ3v) is 9.78. The van der Waals surface area contributed by atoms with Gasteiger partial charge in [0.1, 0.15) is 12.8 Å². The number of hydrogen-bond acceptors (Lipinski definition) is 3. The van der Waals surface area contributed by atoms with Gasteiger partial charge in [0.15, 0.2) is 12.4 Å². The first-order valence-corrected chi connectivity index (χ1v) is 17.5. The van der Waals surface area contributed by atoms with Gasteiger partial charge in [0.25, 0.3) is 0 Å². The van der Waals surface area contributed by atoms with Crippen molar-refractivity contribution in [3.8, 4) is 5.75 Å². The zero-order chi connectivity index (χ0) is 30.2. The average molecular weight is 741 g/mol. The third kappa shape index (κ3) is 13.5. The quantitative estimate of drug-likeness (QED) is 0.0819. The van der Waals surface area contributed by atoms with Crippen LogP contribution in [0.15, 0.2) is 71.9 Å². The van der Waals surface area contributed by atoms with Crippen molar-refractivity contribution in [3.05, 3.63) is 88.7 Å². The van der Waals surface area contributed by atoms with Crippen LogP contribution in [0.3, 0.4) is 0 Å². The van der Waals surface area contributed by atoms with E-state index in [4.69, 9.17) is 16.3 Å². The lowest BCUT2D eigenvalue weighted by molar-refractivity contribution is -0.671. The van der Waals surface area contributed by atoms with Gasteiger partial charge < -0.3 is 28.7 Å². The fraction of sp³-hybridized carbons (Fsp3) is 0.514. The second-order valence-corrected chi connectivity index (χ2v) is 13.8. The second-order valence-electron chi connectivity index (χ2n) is 11.5. The van der Waals surface area contributed by atoms with E-state index in [1.54, 1.807) is 12.1 Å². The van der Waals surface area contributed by atoms with Crippen molar-refractivity contribution in [2.45, 2.75) is 109 Å². The van der Waals surface area contributed by atoms with Gasteiger partial charge in [-0.3, -0.25) is 0 Å². The van der Waals surface area contributed by atoms with Gasteiger partial charge in [-0.05, 0) is 48.7 Å². The Morgan fingerprint density at radius 2 is 1.28 bits per heavy atom. The lowest BCUT2D eigenvalue weighted by Crippen LogP contribution is -3.00. The molecule has 3 aromatic rings. The zero-order valence-electron chi connectivity index (χ0n) is 26.2. The Hall–Kier alpha value is -1.68. The molecular formula is C35H50ClIN2O3S. The number of sulfonamides is 1. The summed E-state index contributed by atoms with van der Waals surface area (Å²) >= 11 is 6.59. The maximum Gasteiger partial charge on any atom is 0.243 e. The molecule has 43 heavy (non-hydrogen) atoms. The molecule has 2 aromatic carbocycles. The summed E-state index contributed by atoms with van der Waals surface area (Å²) in [5, 5.41) is 0.505. The van der Waals surface area contributed by atoms with Gasteiger partial charge in [-0.15, -0.1) is 0 Å². The van der Waals surface area contributed by atoms with Crippen LogP contribution in [0.2, 0.25) is 5.02 Å². The minimum Gasteiger partial charge on any atom is -1.00 e. The fourth-order valence-electron chi connectivity index (χ4n) is 5.01. The van der Waals surface area contributed by atoms with Crippen molar-refractivity contribution in [2.24, 2.45) is 7.05 Å². The minimum atomic E-state index is -3.73. The van der Waals surface area contributed by atoms with Crippen LogP contribution in [0.4, 0.5) is 0 Å². The van der Waals surface area contributed by atoms with E-state index in [0.717, 1.165) is 29.5 Å². The van der Waals surface area contributed by atoms with Crippen LogP contribution in [0.1, 0.15) is 101 Å². The fourth-order valence-corrected chi connectivity index (χ4v) is 6.69. The van der Waals surface area contributed by atoms with Crippen LogP contribution in [0, 0.1) is 6.92 Å². The van der Waals surface area contributed by atoms with Gasteiger partial charge in [0, 0.05) is 25.2 Å². The van der Waals surface area contributed by atoms with Gasteiger partial charge in [-0.2, -0.15) is 4.31 Å². The predicted octanol–water partition coefficient (Wildman–Crippen LogP) is 5.95. The molecule has 0 fully saturated rings. The highest BCUT2D eigenvalue weighted by Gasteiger charge is 2.25. The highest BCUT2D eigenvalue weighted by Crippen LogP contribution is 2.28. The molecule has 0 saturated carbocycles. The molecule has 0 unspecified atom stereocenters. The molecule has 0 radical (unpaired) electrons. The minimum absolute atomic E-state index is 0. The van der Waals surface area contributed by atoms with E-state index in [2.05, 4.69) is 6.92 Å². The molecule has 0 atom stereocenters. The normalized spacial score (nSPS) is 11.5. The summed E-state index contributed by atoms with van der Waals surface area (Å²) < 4.78 is 36.8. The van der Waals surface area contributed by atoms with Gasteiger partial charge >= 0.3 is 0 Å². The topological polar surface area (TPSA) is 50.5 Å². The molecule has 238 valence electrons. The molecule has 1 aromatic heterocycles. The number of aromatic nitrogens is 1. The molecule has 0 aliphatic rings. The Morgan fingerprint density at radius 1 is 0.744 bits per heavy atom. The van der Waals surface area contributed by atoms with E-state index < -0.39 is 10.0 Å². The summed E-state index contributed by atoms with van der Waals surface area (Å²) in [6, 6.07) is 16.5. The van der Waals surface area contributed by atoms with Gasteiger partial charge in [-0.25, -0.2) is 13.0 Å². The molecular weight excluding hydrogens is 691 g/mol. The first kappa shape index (κ1) is 37.5. The number of aryl methyl sites for hydroxylation is 2. The Bertz CT molecular complexity index is 1300. The summed E-state index contributed by atoms with van der Waals surface area (Å²) in [5.74, 6) is 0.645. The first-order valence-electron chi connectivity index (χ1n) is 15.7. The number of ether oxygens (including phenoxy) is 1. The van der Waals surface area contributed by atoms with E-state index in [-0.39, 0.29) is 42.0 Å². The van der Waals surface area contributed by atoms with Crippen LogP contribution < -0.4 is 33.3 Å². The van der Waals surface area contributed by atoms with Crippen molar-refractivity contribution in [1.82, 2.24) is 4.31 Å². The van der Waals surface area contributed by atoms with Crippen LogP contribution >= 0.6 is 11.6 Å². The molecule has 0 bridgehead atoms. The van der Waals surface area contributed by atoms with E-state index in [0.29, 0.717) is 17.4 Å². The Balaban J connectivity index is 0.00000645. The maximum absolute atomic E-state index is 13.7. The van der Waals surface area contributed by atoms with Crippen LogP contribution in [0.5, 0.6) is 5.75 Å². The number of rotatable bonds is 20. The molecule has 5 nitrogen and oxygen atoms in total. The summed E-state index contributed by atoms with van der Waals surface area (Å²) in [7, 11) is -1.79. The van der Waals surface area contributed by atoms with Crippen LogP contribution in [-0.2, 0) is 30.2 Å². The lowest BCUT2D eigenvalue weighted by atomic mass is 10.1. The zero-order valence-corrected chi connectivity index (χ0v) is 30.0. The smallest absolute Gasteiger partial charge is 0.243 e. The SMILES string of the molecule is CCCCCCCCCCCCCCOc1ccc(CN(Cc2cc[n+](C)cc2)S(=O)(=O)c2ccc(C)cc2)cc1Cl.[I-]. The van der Waals surface area contributed by atoms with Gasteiger partial charge in [0.05, 0.1) is 16.5 Å². The molecule has 0 aliphatic heterocycles. The van der Waals surface area contributed by atoms with E-state index in [1.807, 2.05) is 73.4 Å². The largest absolute Gasteiger partial charge is 1.00 e. The number of hydrogen-bond donors (Lipinski definition) is 0. The lowest BCUT2D eigenvalue weighted by Gasteiger charge is -2.23. The molecule has 8 heteroatoms. The number of benzene rings is 2. The third-order valence-electron chi connectivity index (χ3n) is 7.68. The predicted molar refractivity (Wildman–Crippen MR) is 173 cm³/mol. The number of halogens is 2. The van der Waals surface area contributed by atoms with Crippen LogP contribution in [-0.4, -0.2) is 19.3 Å². The summed E-state index contributed by atoms with van der Waals surface area (Å²) in [4.78, 5) is 0.281. The van der Waals surface area contributed by atoms with Crippen molar-refractivity contribution in [2.75, 3.05) is 6.61 Å². The van der Waals surface area contributed by atoms with Crippen molar-refractivity contribution in [3.63, 3.8) is 0 Å². The first-order chi connectivity index (χ1) is 20.3. The summed E-state index contributed by atoms with van der Waals surface area (Å²) in [6.07, 6.45) is 19.5. The molecule has 0 N–H and O–H groups in total. The highest BCUT2D eigenvalue weighted by molar-refractivity contribution is 7.89. The Kier molecular flexibility index (Phi) is 17.8. The molecule has 0 saturated heterocycles. The highest BCUT2D eigenvalue weighted by atomic mass is 127. The summed E-state index contributed by atoms with van der Waals surface area (Å²) in [6.45, 7) is 5.31. The van der Waals surface area contributed by atoms with Gasteiger partial charge in [-0.1, -0.05) is 113 Å². The van der Waals surface area contributed by atoms with Crippen molar-refractivity contribution >= 4 is 21.6 Å². The van der Waals surface area contributed by atoms with E-state index in [1.165, 1.54) is 68.5 Å². The Morgan fingerprint density at radius 3 is 1.84 bits per heavy atom. The molecule has 0 amide bonds. The van der Waals surface area contributed by atoms with E-state index in [9.17, 15) is 8.42 Å². The maximum atomic E-state index is 13.7. The second kappa shape index (κ2) is 20.4. The standard InChI is InChI=1S/C35H50ClN2O3S.HI/c1-4-5-6-7-8-9-10-11-12-13-14-15-26-41-35-21-18-32(27-34(35)36)29-38(28-31-22-24-37(3)25-23-31)42(39,40)33-19-16-30(2)17-20-33;/h16-25,27H,4-15,26,28-29H2,1-3H3;1H/q+1;/p-1. The Labute approximate surface area is 283 Å². The van der Waals surface area contributed by atoms with Gasteiger partial charge in [0.2, 0.25) is 10.0 Å². The number of pyridine rings is 1. The number of unbranched alkanes of at least 4 members (excludes halogenated alkanes) is 11. The molecule has 0 aliphatic carbocycles. The van der Waals surface area contributed by atoms with Crippen molar-refractivity contribution in [1.29, 1.82) is 0 Å². The van der Waals surface area contributed by atoms with Crippen LogP contribution in [0.25, 0.3) is 0 Å². The molecule has 1 heterocycles. The monoisotopic (exact) mass is 740 g/mol. The molecule has 0 spiro atoms. The van der Waals surface area contributed by atoms with Crippen molar-refractivity contribution < 1.29 is 41.7 Å². The molecule has 3 rings (SSSR count). The number of nitrogens with zero attached hydrogens (tertiary/aromatic N) is 2. The van der Waals surface area contributed by atoms with E-state index >= 15 is 0 Å².